The molecule has 2 heterocycles. The predicted molar refractivity (Wildman–Crippen MR) is 133 cm³/mol. The number of nitrogens with one attached hydrogen (secondary N) is 1. The molecule has 0 saturated carbocycles. The van der Waals surface area contributed by atoms with Crippen molar-refractivity contribution in [1.29, 1.82) is 0 Å². The number of carbonyl (C=O) groups excluding carboxylic acids is 1. The molecule has 0 aliphatic rings. The summed E-state index contributed by atoms with van der Waals surface area (Å²) < 4.78 is 47.1. The predicted octanol–water partition coefficient (Wildman–Crippen LogP) is 7.10. The van der Waals surface area contributed by atoms with Crippen molar-refractivity contribution in [3.05, 3.63) is 108 Å². The van der Waals surface area contributed by atoms with Crippen LogP contribution in [-0.4, -0.2) is 20.7 Å². The van der Waals surface area contributed by atoms with Crippen LogP contribution in [0.25, 0.3) is 39.0 Å². The summed E-state index contributed by atoms with van der Waals surface area (Å²) in [6.07, 6.45) is -4.53. The third kappa shape index (κ3) is 4.20. The molecule has 0 bridgehead atoms. The third-order valence-corrected chi connectivity index (χ3v) is 5.89. The van der Waals surface area contributed by atoms with E-state index in [1.807, 2.05) is 24.3 Å². The van der Waals surface area contributed by atoms with Gasteiger partial charge in [-0.15, -0.1) is 5.10 Å². The Labute approximate surface area is 208 Å². The molecular weight excluding hydrogens is 481 g/mol. The number of anilines is 1. The summed E-state index contributed by atoms with van der Waals surface area (Å²) in [5, 5.41) is 8.81. The minimum Gasteiger partial charge on any atom is -0.456 e. The first-order valence-electron chi connectivity index (χ1n) is 11.3. The van der Waals surface area contributed by atoms with E-state index in [1.54, 1.807) is 48.5 Å². The fraction of sp³-hybridized carbons (Fsp3) is 0.0357. The van der Waals surface area contributed by atoms with Gasteiger partial charge in [-0.05, 0) is 42.5 Å². The standard InChI is InChI=1S/C28H17F3N4O2/c29-28(30,31)18-9-6-10-20(15-18)35-26(17-7-2-1-3-8-17)33-25(34-35)27(36)32-19-13-14-24-22(16-19)21-11-4-5-12-23(21)37-24/h1-16H,(H,32,36). The van der Waals surface area contributed by atoms with E-state index in [4.69, 9.17) is 4.42 Å². The van der Waals surface area contributed by atoms with Crippen molar-refractivity contribution in [2.45, 2.75) is 6.18 Å². The van der Waals surface area contributed by atoms with E-state index in [0.29, 0.717) is 16.8 Å². The zero-order chi connectivity index (χ0) is 25.6. The van der Waals surface area contributed by atoms with Crippen molar-refractivity contribution in [3.8, 4) is 17.1 Å². The second kappa shape index (κ2) is 8.63. The molecule has 6 aromatic rings. The van der Waals surface area contributed by atoms with Crippen LogP contribution in [-0.2, 0) is 6.18 Å². The number of carbonyl (C=O) groups is 1. The Morgan fingerprint density at radius 3 is 2.38 bits per heavy atom. The van der Waals surface area contributed by atoms with Gasteiger partial charge >= 0.3 is 6.18 Å². The number of amides is 1. The Hall–Kier alpha value is -4.92. The Balaban J connectivity index is 1.39. The van der Waals surface area contributed by atoms with Gasteiger partial charge < -0.3 is 9.73 Å². The summed E-state index contributed by atoms with van der Waals surface area (Å²) in [6.45, 7) is 0. The zero-order valence-electron chi connectivity index (χ0n) is 19.0. The Kier molecular flexibility index (Phi) is 5.26. The molecule has 4 aromatic carbocycles. The normalized spacial score (nSPS) is 11.8. The molecule has 0 saturated heterocycles. The number of hydrogen-bond acceptors (Lipinski definition) is 4. The van der Waals surface area contributed by atoms with Crippen LogP contribution in [0.15, 0.2) is 101 Å². The van der Waals surface area contributed by atoms with Gasteiger partial charge in [0.2, 0.25) is 5.82 Å². The SMILES string of the molecule is O=C(Nc1ccc2oc3ccccc3c2c1)c1nc(-c2ccccc2)n(-c2cccc(C(F)(F)F)c2)n1. The smallest absolute Gasteiger partial charge is 0.416 e. The quantitative estimate of drug-likeness (QED) is 0.281. The number of benzene rings is 4. The van der Waals surface area contributed by atoms with E-state index in [9.17, 15) is 18.0 Å². The summed E-state index contributed by atoms with van der Waals surface area (Å²) in [7, 11) is 0. The van der Waals surface area contributed by atoms with Crippen LogP contribution in [0.1, 0.15) is 16.2 Å². The monoisotopic (exact) mass is 498 g/mol. The van der Waals surface area contributed by atoms with Crippen LogP contribution in [0.4, 0.5) is 18.9 Å². The molecule has 6 rings (SSSR count). The van der Waals surface area contributed by atoms with Gasteiger partial charge in [0.1, 0.15) is 11.2 Å². The first-order valence-corrected chi connectivity index (χ1v) is 11.3. The lowest BCUT2D eigenvalue weighted by atomic mass is 10.1. The van der Waals surface area contributed by atoms with E-state index in [1.165, 1.54) is 16.8 Å². The van der Waals surface area contributed by atoms with Gasteiger partial charge in [0.05, 0.1) is 11.3 Å². The van der Waals surface area contributed by atoms with Crippen LogP contribution >= 0.6 is 0 Å². The fourth-order valence-corrected chi connectivity index (χ4v) is 4.17. The Bertz CT molecular complexity index is 1770. The van der Waals surface area contributed by atoms with Gasteiger partial charge in [-0.25, -0.2) is 9.67 Å². The first-order chi connectivity index (χ1) is 17.9. The number of alkyl halides is 3. The highest BCUT2D eigenvalue weighted by Gasteiger charge is 2.31. The van der Waals surface area contributed by atoms with E-state index in [2.05, 4.69) is 15.4 Å². The third-order valence-electron chi connectivity index (χ3n) is 5.89. The summed E-state index contributed by atoms with van der Waals surface area (Å²) in [5.74, 6) is -0.551. The van der Waals surface area contributed by atoms with Crippen molar-refractivity contribution in [3.63, 3.8) is 0 Å². The second-order valence-electron chi connectivity index (χ2n) is 8.35. The van der Waals surface area contributed by atoms with Crippen LogP contribution in [0.2, 0.25) is 0 Å². The molecule has 2 aromatic heterocycles. The number of hydrogen-bond donors (Lipinski definition) is 1. The van der Waals surface area contributed by atoms with Crippen molar-refractivity contribution in [2.75, 3.05) is 5.32 Å². The number of para-hydroxylation sites is 1. The highest BCUT2D eigenvalue weighted by atomic mass is 19.4. The minimum absolute atomic E-state index is 0.131. The number of nitrogens with zero attached hydrogens (tertiary/aromatic N) is 3. The maximum absolute atomic E-state index is 13.4. The summed E-state index contributed by atoms with van der Waals surface area (Å²) in [5.41, 5.74) is 1.81. The minimum atomic E-state index is -4.53. The molecule has 0 fully saturated rings. The average molecular weight is 498 g/mol. The molecule has 0 unspecified atom stereocenters. The van der Waals surface area contributed by atoms with Crippen molar-refractivity contribution in [2.24, 2.45) is 0 Å². The molecule has 0 radical (unpaired) electrons. The van der Waals surface area contributed by atoms with E-state index in [-0.39, 0.29) is 17.3 Å². The van der Waals surface area contributed by atoms with Gasteiger partial charge in [0.15, 0.2) is 5.82 Å². The van der Waals surface area contributed by atoms with Crippen LogP contribution in [0, 0.1) is 0 Å². The molecule has 6 nitrogen and oxygen atoms in total. The molecule has 9 heteroatoms. The van der Waals surface area contributed by atoms with E-state index in [0.717, 1.165) is 28.5 Å². The molecule has 0 spiro atoms. The molecule has 0 aliphatic heterocycles. The number of fused-ring (bicyclic) bond motifs is 3. The summed E-state index contributed by atoms with van der Waals surface area (Å²) in [4.78, 5) is 17.5. The maximum Gasteiger partial charge on any atom is 0.416 e. The van der Waals surface area contributed by atoms with Crippen molar-refractivity contribution in [1.82, 2.24) is 14.8 Å². The number of aromatic nitrogens is 3. The summed E-state index contributed by atoms with van der Waals surface area (Å²) >= 11 is 0. The topological polar surface area (TPSA) is 73.0 Å². The number of rotatable bonds is 4. The zero-order valence-corrected chi connectivity index (χ0v) is 19.0. The fourth-order valence-electron chi connectivity index (χ4n) is 4.17. The van der Waals surface area contributed by atoms with Crippen molar-refractivity contribution >= 4 is 33.5 Å². The van der Waals surface area contributed by atoms with E-state index >= 15 is 0 Å². The molecule has 1 amide bonds. The van der Waals surface area contributed by atoms with Gasteiger partial charge in [0.25, 0.3) is 5.91 Å². The van der Waals surface area contributed by atoms with Crippen LogP contribution in [0.3, 0.4) is 0 Å². The van der Waals surface area contributed by atoms with Gasteiger partial charge in [-0.3, -0.25) is 4.79 Å². The number of furan rings is 1. The first kappa shape index (κ1) is 22.5. The molecular formula is C28H17F3N4O2. The van der Waals surface area contributed by atoms with Gasteiger partial charge in [-0.2, -0.15) is 13.2 Å². The highest BCUT2D eigenvalue weighted by Crippen LogP contribution is 2.32. The lowest BCUT2D eigenvalue weighted by Gasteiger charge is -2.10. The molecule has 182 valence electrons. The number of halogens is 3. The van der Waals surface area contributed by atoms with Gasteiger partial charge in [0, 0.05) is 22.0 Å². The lowest BCUT2D eigenvalue weighted by Crippen LogP contribution is -2.14. The van der Waals surface area contributed by atoms with Crippen LogP contribution < -0.4 is 5.32 Å². The second-order valence-corrected chi connectivity index (χ2v) is 8.35. The molecule has 1 N–H and O–H groups in total. The Morgan fingerprint density at radius 2 is 1.57 bits per heavy atom. The molecule has 0 atom stereocenters. The van der Waals surface area contributed by atoms with Gasteiger partial charge in [-0.1, -0.05) is 54.6 Å². The average Bonchev–Trinajstić information content (AvgIpc) is 3.51. The highest BCUT2D eigenvalue weighted by molar-refractivity contribution is 6.08. The molecule has 37 heavy (non-hydrogen) atoms. The Morgan fingerprint density at radius 1 is 0.811 bits per heavy atom. The molecule has 0 aliphatic carbocycles. The van der Waals surface area contributed by atoms with Crippen LogP contribution in [0.5, 0.6) is 0 Å². The lowest BCUT2D eigenvalue weighted by molar-refractivity contribution is -0.137. The van der Waals surface area contributed by atoms with E-state index < -0.39 is 17.6 Å². The maximum atomic E-state index is 13.4. The largest absolute Gasteiger partial charge is 0.456 e. The van der Waals surface area contributed by atoms with Crippen molar-refractivity contribution < 1.29 is 22.4 Å². The summed E-state index contributed by atoms with van der Waals surface area (Å²) in [6, 6.07) is 26.4.